The van der Waals surface area contributed by atoms with E-state index in [0.717, 1.165) is 23.6 Å². The SMILES string of the molecule is COc1cc(CNC23CC4C[C@@](C)(C2)C[C@](C)(C4)C3)cc(Cl)c1OCc1ccc(F)cc1. The van der Waals surface area contributed by atoms with E-state index in [0.29, 0.717) is 34.0 Å². The van der Waals surface area contributed by atoms with Crippen LogP contribution in [0.4, 0.5) is 4.39 Å². The first-order valence-corrected chi connectivity index (χ1v) is 12.1. The fourth-order valence-corrected chi connectivity index (χ4v) is 7.97. The minimum Gasteiger partial charge on any atom is -0.493 e. The first kappa shape index (κ1) is 22.0. The number of rotatable bonds is 7. The Morgan fingerprint density at radius 3 is 2.31 bits per heavy atom. The second-order valence-electron chi connectivity index (χ2n) is 11.3. The van der Waals surface area contributed by atoms with Gasteiger partial charge in [0.15, 0.2) is 11.5 Å². The summed E-state index contributed by atoms with van der Waals surface area (Å²) in [6, 6.07) is 10.3. The Bertz CT molecular complexity index is 989. The fraction of sp³-hybridized carbons (Fsp3) is 0.556. The Labute approximate surface area is 195 Å². The summed E-state index contributed by atoms with van der Waals surface area (Å²) in [6.07, 6.45) is 8.00. The second-order valence-corrected chi connectivity index (χ2v) is 11.7. The molecule has 1 N–H and O–H groups in total. The van der Waals surface area contributed by atoms with Crippen LogP contribution in [-0.2, 0) is 13.2 Å². The van der Waals surface area contributed by atoms with Crippen LogP contribution >= 0.6 is 11.6 Å². The molecule has 4 bridgehead atoms. The Morgan fingerprint density at radius 2 is 1.69 bits per heavy atom. The van der Waals surface area contributed by atoms with Gasteiger partial charge in [-0.1, -0.05) is 37.6 Å². The van der Waals surface area contributed by atoms with Gasteiger partial charge in [-0.15, -0.1) is 0 Å². The predicted octanol–water partition coefficient (Wildman–Crippen LogP) is 6.91. The molecule has 172 valence electrons. The third kappa shape index (κ3) is 4.24. The summed E-state index contributed by atoms with van der Waals surface area (Å²) < 4.78 is 24.7. The maximum Gasteiger partial charge on any atom is 0.180 e. The normalized spacial score (nSPS) is 32.8. The lowest BCUT2D eigenvalue weighted by molar-refractivity contribution is -0.118. The number of ether oxygens (including phenoxy) is 2. The molecule has 0 aliphatic heterocycles. The lowest BCUT2D eigenvalue weighted by Gasteiger charge is -2.65. The van der Waals surface area contributed by atoms with Crippen LogP contribution in [0.15, 0.2) is 36.4 Å². The molecule has 4 fully saturated rings. The molecule has 0 spiro atoms. The van der Waals surface area contributed by atoms with E-state index >= 15 is 0 Å². The number of hydrogen-bond acceptors (Lipinski definition) is 3. The van der Waals surface area contributed by atoms with E-state index in [1.807, 2.05) is 12.1 Å². The maximum absolute atomic E-state index is 13.1. The number of nitrogens with one attached hydrogen (secondary N) is 1. The molecule has 4 saturated carbocycles. The highest BCUT2D eigenvalue weighted by molar-refractivity contribution is 6.32. The van der Waals surface area contributed by atoms with Crippen LogP contribution in [0.25, 0.3) is 0 Å². The van der Waals surface area contributed by atoms with E-state index in [4.69, 9.17) is 21.1 Å². The number of benzene rings is 2. The zero-order valence-electron chi connectivity index (χ0n) is 19.3. The summed E-state index contributed by atoms with van der Waals surface area (Å²) >= 11 is 6.61. The Kier molecular flexibility index (Phi) is 5.45. The largest absolute Gasteiger partial charge is 0.493 e. The van der Waals surface area contributed by atoms with Gasteiger partial charge in [-0.2, -0.15) is 0 Å². The molecule has 0 heterocycles. The lowest BCUT2D eigenvalue weighted by Crippen LogP contribution is -2.63. The molecule has 3 nitrogen and oxygen atoms in total. The third-order valence-corrected chi connectivity index (χ3v) is 8.16. The van der Waals surface area contributed by atoms with E-state index < -0.39 is 0 Å². The molecular weight excluding hydrogens is 425 g/mol. The van der Waals surface area contributed by atoms with Crippen molar-refractivity contribution in [2.24, 2.45) is 16.7 Å². The molecule has 0 aromatic heterocycles. The molecule has 0 saturated heterocycles. The summed E-state index contributed by atoms with van der Waals surface area (Å²) in [5, 5.41) is 4.50. The van der Waals surface area contributed by atoms with Gasteiger partial charge in [-0.25, -0.2) is 4.39 Å². The van der Waals surface area contributed by atoms with Crippen LogP contribution in [-0.4, -0.2) is 12.6 Å². The van der Waals surface area contributed by atoms with Crippen LogP contribution in [0.3, 0.4) is 0 Å². The number of methoxy groups -OCH3 is 1. The van der Waals surface area contributed by atoms with Gasteiger partial charge in [0.05, 0.1) is 12.1 Å². The van der Waals surface area contributed by atoms with Crippen molar-refractivity contribution in [3.8, 4) is 11.5 Å². The molecular formula is C27H33ClFNO2. The summed E-state index contributed by atoms with van der Waals surface area (Å²) in [5.74, 6) is 1.75. The molecule has 2 aromatic rings. The molecule has 0 amide bonds. The summed E-state index contributed by atoms with van der Waals surface area (Å²) in [4.78, 5) is 0. The molecule has 4 aliphatic carbocycles. The zero-order chi connectivity index (χ0) is 22.6. The second kappa shape index (κ2) is 7.92. The zero-order valence-corrected chi connectivity index (χ0v) is 20.0. The summed E-state index contributed by atoms with van der Waals surface area (Å²) in [7, 11) is 1.63. The van der Waals surface area contributed by atoms with Gasteiger partial charge in [0, 0.05) is 12.1 Å². The molecule has 4 aliphatic rings. The van der Waals surface area contributed by atoms with E-state index in [9.17, 15) is 4.39 Å². The average molecular weight is 458 g/mol. The van der Waals surface area contributed by atoms with Crippen LogP contribution in [0.2, 0.25) is 5.02 Å². The van der Waals surface area contributed by atoms with E-state index in [-0.39, 0.29) is 11.4 Å². The first-order valence-electron chi connectivity index (χ1n) is 11.7. The fourth-order valence-electron chi connectivity index (χ4n) is 7.69. The highest BCUT2D eigenvalue weighted by Gasteiger charge is 2.59. The molecule has 2 aromatic carbocycles. The van der Waals surface area contributed by atoms with E-state index in [2.05, 4.69) is 19.2 Å². The minimum absolute atomic E-state index is 0.236. The van der Waals surface area contributed by atoms with Crippen molar-refractivity contribution in [3.05, 3.63) is 58.4 Å². The summed E-state index contributed by atoms with van der Waals surface area (Å²) in [5.41, 5.74) is 3.18. The van der Waals surface area contributed by atoms with Gasteiger partial charge in [0.25, 0.3) is 0 Å². The van der Waals surface area contributed by atoms with Crippen molar-refractivity contribution in [1.82, 2.24) is 5.32 Å². The molecule has 32 heavy (non-hydrogen) atoms. The van der Waals surface area contributed by atoms with Crippen LogP contribution in [0, 0.1) is 22.6 Å². The standard InChI is InChI=1S/C27H33ClFNO2/c1-25-10-20-11-26(2,15-25)17-27(12-20,16-25)30-13-19-8-22(28)24(23(9-19)31-3)32-14-18-4-6-21(29)7-5-18/h4-9,20,30H,10-17H2,1-3H3/t20?,25-,26+,27?. The maximum atomic E-state index is 13.1. The number of hydrogen-bond donors (Lipinski definition) is 1. The van der Waals surface area contributed by atoms with Crippen LogP contribution in [0.1, 0.15) is 63.5 Å². The third-order valence-electron chi connectivity index (χ3n) is 7.88. The molecule has 5 heteroatoms. The molecule has 6 rings (SSSR count). The van der Waals surface area contributed by atoms with Gasteiger partial charge in [0.1, 0.15) is 12.4 Å². The average Bonchev–Trinajstić information content (AvgIpc) is 2.70. The lowest BCUT2D eigenvalue weighted by atomic mass is 9.43. The highest BCUT2D eigenvalue weighted by atomic mass is 35.5. The Morgan fingerprint density at radius 1 is 1.00 bits per heavy atom. The quantitative estimate of drug-likeness (QED) is 0.490. The molecule has 2 unspecified atom stereocenters. The van der Waals surface area contributed by atoms with Crippen molar-refractivity contribution in [3.63, 3.8) is 0 Å². The molecule has 0 radical (unpaired) electrons. The monoisotopic (exact) mass is 457 g/mol. The smallest absolute Gasteiger partial charge is 0.180 e. The minimum atomic E-state index is -0.261. The van der Waals surface area contributed by atoms with Crippen LogP contribution < -0.4 is 14.8 Å². The van der Waals surface area contributed by atoms with Gasteiger partial charge in [-0.05, 0) is 90.7 Å². The van der Waals surface area contributed by atoms with Crippen molar-refractivity contribution in [2.75, 3.05) is 7.11 Å². The first-order chi connectivity index (χ1) is 15.2. The van der Waals surface area contributed by atoms with Gasteiger partial charge >= 0.3 is 0 Å². The predicted molar refractivity (Wildman–Crippen MR) is 126 cm³/mol. The van der Waals surface area contributed by atoms with Gasteiger partial charge in [0.2, 0.25) is 0 Å². The van der Waals surface area contributed by atoms with Crippen molar-refractivity contribution in [2.45, 2.75) is 71.1 Å². The highest BCUT2D eigenvalue weighted by Crippen LogP contribution is 2.66. The molecule has 4 atom stereocenters. The van der Waals surface area contributed by atoms with E-state index in [1.165, 1.54) is 50.7 Å². The Balaban J connectivity index is 1.30. The topological polar surface area (TPSA) is 30.5 Å². The van der Waals surface area contributed by atoms with E-state index in [1.54, 1.807) is 19.2 Å². The van der Waals surface area contributed by atoms with Crippen LogP contribution in [0.5, 0.6) is 11.5 Å². The van der Waals surface area contributed by atoms with Gasteiger partial charge in [-0.3, -0.25) is 0 Å². The Hall–Kier alpha value is -1.78. The number of halogens is 2. The summed E-state index contributed by atoms with van der Waals surface area (Å²) in [6.45, 7) is 6.07. The van der Waals surface area contributed by atoms with Crippen molar-refractivity contribution in [1.29, 1.82) is 0 Å². The van der Waals surface area contributed by atoms with Gasteiger partial charge < -0.3 is 14.8 Å². The van der Waals surface area contributed by atoms with Crippen molar-refractivity contribution < 1.29 is 13.9 Å². The van der Waals surface area contributed by atoms with Crippen molar-refractivity contribution >= 4 is 11.6 Å².